The standard InChI is InChI=1S/C11H24N2O4S2/c1-10(2)12-5-3-6-19(16,17)13-8-11-4-7-18(14,15)9-11/h10-13H,3-9H2,1-2H3. The predicted octanol–water partition coefficient (Wildman–Crippen LogP) is -0.271. The number of nitrogens with one attached hydrogen (secondary N) is 2. The van der Waals surface area contributed by atoms with Crippen LogP contribution in [0.3, 0.4) is 0 Å². The molecule has 0 bridgehead atoms. The third-order valence-corrected chi connectivity index (χ3v) is 6.33. The highest BCUT2D eigenvalue weighted by molar-refractivity contribution is 7.91. The first-order valence-electron chi connectivity index (χ1n) is 6.61. The lowest BCUT2D eigenvalue weighted by molar-refractivity contribution is 0.536. The van der Waals surface area contributed by atoms with Crippen LogP contribution in [0.4, 0.5) is 0 Å². The molecule has 1 aliphatic heterocycles. The summed E-state index contributed by atoms with van der Waals surface area (Å²) in [6.07, 6.45) is 1.11. The molecule has 0 aromatic carbocycles. The van der Waals surface area contributed by atoms with Crippen LogP contribution in [-0.4, -0.2) is 53.2 Å². The van der Waals surface area contributed by atoms with E-state index in [1.165, 1.54) is 0 Å². The zero-order chi connectivity index (χ0) is 14.5. The van der Waals surface area contributed by atoms with Crippen molar-refractivity contribution < 1.29 is 16.8 Å². The fourth-order valence-corrected chi connectivity index (χ4v) is 5.02. The van der Waals surface area contributed by atoms with Crippen LogP contribution in [0.15, 0.2) is 0 Å². The molecule has 0 aromatic rings. The van der Waals surface area contributed by atoms with Gasteiger partial charge in [0, 0.05) is 12.6 Å². The zero-order valence-corrected chi connectivity index (χ0v) is 13.2. The van der Waals surface area contributed by atoms with E-state index in [-0.39, 0.29) is 29.7 Å². The first kappa shape index (κ1) is 16.9. The van der Waals surface area contributed by atoms with Crippen LogP contribution in [0.25, 0.3) is 0 Å². The summed E-state index contributed by atoms with van der Waals surface area (Å²) in [6, 6.07) is 0.347. The van der Waals surface area contributed by atoms with Gasteiger partial charge in [-0.05, 0) is 25.3 Å². The lowest BCUT2D eigenvalue weighted by Gasteiger charge is -2.11. The van der Waals surface area contributed by atoms with Crippen LogP contribution in [0, 0.1) is 5.92 Å². The second-order valence-corrected chi connectivity index (χ2v) is 9.55. The Hall–Kier alpha value is -0.180. The van der Waals surface area contributed by atoms with Gasteiger partial charge in [0.25, 0.3) is 0 Å². The molecule has 1 rings (SSSR count). The van der Waals surface area contributed by atoms with Gasteiger partial charge in [0.15, 0.2) is 9.84 Å². The van der Waals surface area contributed by atoms with Gasteiger partial charge in [-0.15, -0.1) is 0 Å². The molecule has 0 aromatic heterocycles. The Morgan fingerprint density at radius 2 is 2.00 bits per heavy atom. The van der Waals surface area contributed by atoms with Gasteiger partial charge in [0.2, 0.25) is 10.0 Å². The highest BCUT2D eigenvalue weighted by Gasteiger charge is 2.28. The summed E-state index contributed by atoms with van der Waals surface area (Å²) in [4.78, 5) is 0. The molecule has 19 heavy (non-hydrogen) atoms. The molecular weight excluding hydrogens is 288 g/mol. The van der Waals surface area contributed by atoms with E-state index in [0.717, 1.165) is 0 Å². The normalized spacial score (nSPS) is 23.0. The second-order valence-electron chi connectivity index (χ2n) is 5.40. The maximum atomic E-state index is 11.7. The van der Waals surface area contributed by atoms with Crippen LogP contribution in [0.5, 0.6) is 0 Å². The summed E-state index contributed by atoms with van der Waals surface area (Å²) in [5, 5.41) is 3.15. The average molecular weight is 312 g/mol. The Balaban J connectivity index is 2.24. The van der Waals surface area contributed by atoms with Crippen molar-refractivity contribution in [2.45, 2.75) is 32.7 Å². The maximum absolute atomic E-state index is 11.7. The highest BCUT2D eigenvalue weighted by atomic mass is 32.2. The van der Waals surface area contributed by atoms with Crippen molar-refractivity contribution in [2.75, 3.05) is 30.3 Å². The van der Waals surface area contributed by atoms with Crippen molar-refractivity contribution in [3.05, 3.63) is 0 Å². The van der Waals surface area contributed by atoms with Crippen molar-refractivity contribution in [1.29, 1.82) is 0 Å². The van der Waals surface area contributed by atoms with Crippen molar-refractivity contribution >= 4 is 19.9 Å². The Morgan fingerprint density at radius 1 is 1.32 bits per heavy atom. The molecular formula is C11H24N2O4S2. The number of hydrogen-bond acceptors (Lipinski definition) is 5. The minimum Gasteiger partial charge on any atom is -0.314 e. The quantitative estimate of drug-likeness (QED) is 0.602. The van der Waals surface area contributed by atoms with E-state index in [2.05, 4.69) is 10.0 Å². The molecule has 0 radical (unpaired) electrons. The first-order valence-corrected chi connectivity index (χ1v) is 10.1. The van der Waals surface area contributed by atoms with Gasteiger partial charge >= 0.3 is 0 Å². The van der Waals surface area contributed by atoms with Crippen LogP contribution >= 0.6 is 0 Å². The molecule has 1 saturated heterocycles. The Bertz CT molecular complexity index is 471. The minimum atomic E-state index is -3.29. The summed E-state index contributed by atoms with van der Waals surface area (Å²) in [5.74, 6) is 0.280. The molecule has 1 aliphatic rings. The molecule has 0 amide bonds. The zero-order valence-electron chi connectivity index (χ0n) is 11.6. The topological polar surface area (TPSA) is 92.3 Å². The molecule has 0 saturated carbocycles. The third-order valence-electron chi connectivity index (χ3n) is 3.06. The Kier molecular flexibility index (Phi) is 6.22. The molecule has 1 unspecified atom stereocenters. The molecule has 1 fully saturated rings. The molecule has 1 heterocycles. The van der Waals surface area contributed by atoms with Crippen molar-refractivity contribution in [3.8, 4) is 0 Å². The summed E-state index contributed by atoms with van der Waals surface area (Å²) in [6.45, 7) is 4.91. The lowest BCUT2D eigenvalue weighted by atomic mass is 10.1. The highest BCUT2D eigenvalue weighted by Crippen LogP contribution is 2.17. The van der Waals surface area contributed by atoms with Crippen LogP contribution < -0.4 is 10.0 Å². The summed E-state index contributed by atoms with van der Waals surface area (Å²) >= 11 is 0. The smallest absolute Gasteiger partial charge is 0.211 e. The maximum Gasteiger partial charge on any atom is 0.211 e. The van der Waals surface area contributed by atoms with Gasteiger partial charge in [-0.3, -0.25) is 0 Å². The second kappa shape index (κ2) is 7.01. The van der Waals surface area contributed by atoms with Gasteiger partial charge in [-0.1, -0.05) is 13.8 Å². The molecule has 0 spiro atoms. The third kappa shape index (κ3) is 7.24. The first-order chi connectivity index (χ1) is 8.70. The van der Waals surface area contributed by atoms with E-state index in [4.69, 9.17) is 0 Å². The van der Waals surface area contributed by atoms with Crippen LogP contribution in [0.2, 0.25) is 0 Å². The van der Waals surface area contributed by atoms with Gasteiger partial charge in [-0.2, -0.15) is 0 Å². The monoisotopic (exact) mass is 312 g/mol. The Labute approximate surface area is 116 Å². The van der Waals surface area contributed by atoms with Gasteiger partial charge in [0.05, 0.1) is 17.3 Å². The minimum absolute atomic E-state index is 0.0754. The van der Waals surface area contributed by atoms with Gasteiger partial charge in [0.1, 0.15) is 0 Å². The predicted molar refractivity (Wildman–Crippen MR) is 76.3 cm³/mol. The van der Waals surface area contributed by atoms with Crippen LogP contribution in [-0.2, 0) is 19.9 Å². The summed E-state index contributed by atoms with van der Waals surface area (Å²) in [7, 11) is -6.23. The number of hydrogen-bond donors (Lipinski definition) is 2. The lowest BCUT2D eigenvalue weighted by Crippen LogP contribution is -2.33. The molecule has 2 N–H and O–H groups in total. The number of sulfonamides is 1. The summed E-state index contributed by atoms with van der Waals surface area (Å²) in [5.41, 5.74) is 0. The summed E-state index contributed by atoms with van der Waals surface area (Å²) < 4.78 is 48.4. The van der Waals surface area contributed by atoms with E-state index in [1.807, 2.05) is 13.8 Å². The molecule has 1 atom stereocenters. The molecule has 8 heteroatoms. The van der Waals surface area contributed by atoms with E-state index in [1.54, 1.807) is 0 Å². The van der Waals surface area contributed by atoms with Crippen molar-refractivity contribution in [3.63, 3.8) is 0 Å². The SMILES string of the molecule is CC(C)NCCCS(=O)(=O)NCC1CCS(=O)(=O)C1. The number of rotatable bonds is 8. The average Bonchev–Trinajstić information content (AvgIpc) is 2.62. The fraction of sp³-hybridized carbons (Fsp3) is 1.00. The van der Waals surface area contributed by atoms with Gasteiger partial charge < -0.3 is 5.32 Å². The van der Waals surface area contributed by atoms with Gasteiger partial charge in [-0.25, -0.2) is 21.6 Å². The largest absolute Gasteiger partial charge is 0.314 e. The molecule has 114 valence electrons. The molecule has 0 aliphatic carbocycles. The van der Waals surface area contributed by atoms with E-state index >= 15 is 0 Å². The van der Waals surface area contributed by atoms with E-state index < -0.39 is 19.9 Å². The Morgan fingerprint density at radius 3 is 2.53 bits per heavy atom. The van der Waals surface area contributed by atoms with E-state index in [9.17, 15) is 16.8 Å². The molecule has 6 nitrogen and oxygen atoms in total. The number of sulfone groups is 1. The van der Waals surface area contributed by atoms with E-state index in [0.29, 0.717) is 25.4 Å². The fourth-order valence-electron chi connectivity index (χ4n) is 2.00. The van der Waals surface area contributed by atoms with Crippen molar-refractivity contribution in [1.82, 2.24) is 10.0 Å². The van der Waals surface area contributed by atoms with Crippen LogP contribution in [0.1, 0.15) is 26.7 Å². The van der Waals surface area contributed by atoms with Crippen molar-refractivity contribution in [2.24, 2.45) is 5.92 Å².